The quantitative estimate of drug-likeness (QED) is 0.0411. The summed E-state index contributed by atoms with van der Waals surface area (Å²) in [5.41, 5.74) is 0. The molecular weight excluding hydrogens is 1210 g/mol. The van der Waals surface area contributed by atoms with Gasteiger partial charge in [0.1, 0.15) is 0 Å². The molecule has 1 aromatic rings. The van der Waals surface area contributed by atoms with Crippen LogP contribution in [0, 0.1) is 71.0 Å². The number of hydrogen-bond donors (Lipinski definition) is 5. The lowest BCUT2D eigenvalue weighted by Gasteiger charge is -2.34. The summed E-state index contributed by atoms with van der Waals surface area (Å²) in [6, 6.07) is 0. The zero-order valence-electron chi connectivity index (χ0n) is 73.9. The molecule has 1 aliphatic carbocycles. The Bertz CT molecular complexity index is 1470. The van der Waals surface area contributed by atoms with E-state index in [0.29, 0.717) is 0 Å². The molecule has 0 unspecified atom stereocenters. The van der Waals surface area contributed by atoms with Gasteiger partial charge in [-0.1, -0.05) is 276 Å². The molecule has 3 heterocycles. The minimum Gasteiger partial charge on any atom is -0.337 e. The summed E-state index contributed by atoms with van der Waals surface area (Å²) in [4.78, 5) is 11.8. The van der Waals surface area contributed by atoms with Gasteiger partial charge in [0.2, 0.25) is 0 Å². The van der Waals surface area contributed by atoms with Crippen molar-refractivity contribution in [2.24, 2.45) is 71.0 Å². The second kappa shape index (κ2) is 85.8. The minimum atomic E-state index is 0.807. The molecule has 0 bridgehead atoms. The molecular formula is C89H196N10. The van der Waals surface area contributed by atoms with Gasteiger partial charge in [0, 0.05) is 71.3 Å². The summed E-state index contributed by atoms with van der Waals surface area (Å²) in [5, 5.41) is 16.3. The largest absolute Gasteiger partial charge is 0.337 e. The van der Waals surface area contributed by atoms with Gasteiger partial charge in [-0.3, -0.25) is 0 Å². The molecule has 99 heavy (non-hydrogen) atoms. The van der Waals surface area contributed by atoms with E-state index in [1.54, 1.807) is 0 Å². The monoisotopic (exact) mass is 1410 g/mol. The van der Waals surface area contributed by atoms with Gasteiger partial charge in [0.05, 0.1) is 6.33 Å². The molecule has 602 valence electrons. The summed E-state index contributed by atoms with van der Waals surface area (Å²) >= 11 is 0. The first-order chi connectivity index (χ1) is 47.1. The molecule has 0 spiro atoms. The van der Waals surface area contributed by atoms with Gasteiger partial charge < -0.3 is 45.9 Å². The number of likely N-dealkylation sites (N-methyl/N-ethyl adjacent to an activating group) is 2. The van der Waals surface area contributed by atoms with Gasteiger partial charge in [-0.2, -0.15) is 0 Å². The first-order valence-corrected chi connectivity index (χ1v) is 43.6. The zero-order chi connectivity index (χ0) is 76.1. The number of rotatable bonds is 43. The summed E-state index contributed by atoms with van der Waals surface area (Å²) in [7, 11) is 6.01. The third kappa shape index (κ3) is 103. The van der Waals surface area contributed by atoms with E-state index in [4.69, 9.17) is 0 Å². The van der Waals surface area contributed by atoms with Crippen molar-refractivity contribution in [3.05, 3.63) is 18.7 Å². The maximum atomic E-state index is 3.98. The molecule has 3 fully saturated rings. The predicted molar refractivity (Wildman–Crippen MR) is 457 cm³/mol. The average molecular weight is 1410 g/mol. The molecule has 10 nitrogen and oxygen atoms in total. The fraction of sp³-hybridized carbons (Fsp3) is 0.966. The topological polar surface area (TPSA) is 87.7 Å². The molecule has 0 radical (unpaired) electrons. The first-order valence-electron chi connectivity index (χ1n) is 43.6. The van der Waals surface area contributed by atoms with Crippen LogP contribution in [-0.2, 0) is 6.54 Å². The second-order valence-corrected chi connectivity index (χ2v) is 34.3. The number of unbranched alkanes of at least 4 members (excludes halogenated alkanes) is 5. The molecule has 1 aromatic heterocycles. The van der Waals surface area contributed by atoms with E-state index in [9.17, 15) is 0 Å². The van der Waals surface area contributed by atoms with Gasteiger partial charge in [0.25, 0.3) is 0 Å². The molecule has 0 atom stereocenters. The minimum absolute atomic E-state index is 0.807. The molecule has 0 aromatic carbocycles. The third-order valence-electron chi connectivity index (χ3n) is 18.4. The molecule has 10 heteroatoms. The summed E-state index contributed by atoms with van der Waals surface area (Å²) in [5.74, 6) is 10.8. The number of nitrogens with one attached hydrogen (secondary N) is 5. The van der Waals surface area contributed by atoms with Gasteiger partial charge >= 0.3 is 0 Å². The smallest absolute Gasteiger partial charge is 0.0945 e. The van der Waals surface area contributed by atoms with Crippen LogP contribution in [0.25, 0.3) is 0 Å². The van der Waals surface area contributed by atoms with E-state index in [1.807, 2.05) is 39.9 Å². The number of piperazine rings is 1. The van der Waals surface area contributed by atoms with Crippen LogP contribution >= 0.6 is 0 Å². The van der Waals surface area contributed by atoms with Crippen LogP contribution in [-0.4, -0.2) is 150 Å². The number of piperidine rings is 1. The standard InChI is InChI=1S/C14H30N2.C11H27N3.C11H25N.C9H16N2.C9H19N.C9H18.2C7H16.C6H15N.C6H14/c1-4-5-8-15-10-12-16(13-11-15)9-6-7-14(2)3;1-11(2)5-8-14(9-6-12-3)10-7-13-4;1-4-5-9-12-10-7-6-8-11(2)3;1-9(2)4-3-6-11-7-5-10-8-11;1-8(2)7-9-3-5-10-6-4-9;1-8(2)7-9-5-3-4-6-9;2*1-4-5-6-7(2)3;1-6(2)4-5-7-3;1-4-5-6(2)3/h14H,4-13H2,1-3H3;11-13H,5-10H2,1-4H3;11-12H,4-10H2,1-3H3;5,7-9H,3-4,6H2,1-2H3;8-10H,3-7H2,1-2H3;8-9H,3-7H2,1-2H3;2*7H,4-6H2,1-3H3;6-7H,4-5H2,1-3H3;6H,4-5H2,1-3H3. The molecule has 1 saturated carbocycles. The van der Waals surface area contributed by atoms with Gasteiger partial charge in [-0.05, 0) is 228 Å². The van der Waals surface area contributed by atoms with E-state index in [-0.39, 0.29) is 0 Å². The van der Waals surface area contributed by atoms with Crippen molar-refractivity contribution >= 4 is 0 Å². The number of nitrogens with zero attached hydrogens (tertiary/aromatic N) is 5. The second-order valence-electron chi connectivity index (χ2n) is 34.3. The van der Waals surface area contributed by atoms with Gasteiger partial charge in [0.15, 0.2) is 0 Å². The van der Waals surface area contributed by atoms with Crippen LogP contribution in [0.15, 0.2) is 18.7 Å². The Hall–Kier alpha value is -1.11. The Kier molecular flexibility index (Phi) is 94.3. The Balaban J connectivity index is -0.000000246. The number of imidazole rings is 1. The maximum absolute atomic E-state index is 3.98. The molecule has 3 aliphatic rings. The lowest BCUT2D eigenvalue weighted by Crippen LogP contribution is -2.46. The van der Waals surface area contributed by atoms with Crippen molar-refractivity contribution < 1.29 is 0 Å². The van der Waals surface area contributed by atoms with E-state index in [0.717, 1.165) is 110 Å². The van der Waals surface area contributed by atoms with Crippen molar-refractivity contribution in [3.8, 4) is 0 Å². The van der Waals surface area contributed by atoms with Crippen LogP contribution in [0.4, 0.5) is 0 Å². The van der Waals surface area contributed by atoms with Crippen LogP contribution in [0.5, 0.6) is 0 Å². The Labute approximate surface area is 629 Å². The summed E-state index contributed by atoms with van der Waals surface area (Å²) in [6.07, 6.45) is 45.8. The highest BCUT2D eigenvalue weighted by Gasteiger charge is 2.17. The zero-order valence-corrected chi connectivity index (χ0v) is 73.9. The fourth-order valence-electron chi connectivity index (χ4n) is 11.9. The van der Waals surface area contributed by atoms with E-state index in [2.05, 4.69) is 224 Å². The highest BCUT2D eigenvalue weighted by atomic mass is 15.3. The number of aromatic nitrogens is 2. The normalized spacial score (nSPS) is 14.3. The average Bonchev–Trinajstić information content (AvgIpc) is 1.47. The van der Waals surface area contributed by atoms with Crippen molar-refractivity contribution in [1.82, 2.24) is 50.8 Å². The summed E-state index contributed by atoms with van der Waals surface area (Å²) in [6.45, 7) is 77.6. The molecule has 5 N–H and O–H groups in total. The van der Waals surface area contributed by atoms with Gasteiger partial charge in [-0.25, -0.2) is 4.98 Å². The Morgan fingerprint density at radius 1 is 0.374 bits per heavy atom. The lowest BCUT2D eigenvalue weighted by atomic mass is 9.89. The third-order valence-corrected chi connectivity index (χ3v) is 18.4. The Morgan fingerprint density at radius 2 is 0.758 bits per heavy atom. The van der Waals surface area contributed by atoms with E-state index in [1.165, 1.54) is 258 Å². The highest BCUT2D eigenvalue weighted by molar-refractivity contribution is 4.75. The van der Waals surface area contributed by atoms with Crippen molar-refractivity contribution in [3.63, 3.8) is 0 Å². The van der Waals surface area contributed by atoms with Crippen molar-refractivity contribution in [2.45, 2.75) is 366 Å². The van der Waals surface area contributed by atoms with Crippen LogP contribution in [0.3, 0.4) is 0 Å². The molecule has 4 rings (SSSR count). The fourth-order valence-corrected chi connectivity index (χ4v) is 11.9. The number of hydrogen-bond acceptors (Lipinski definition) is 9. The van der Waals surface area contributed by atoms with E-state index >= 15 is 0 Å². The predicted octanol–water partition coefficient (Wildman–Crippen LogP) is 23.7. The Morgan fingerprint density at radius 3 is 1.10 bits per heavy atom. The van der Waals surface area contributed by atoms with Crippen LogP contribution in [0.2, 0.25) is 0 Å². The first kappa shape index (κ1) is 109. The SMILES string of the molecule is CC(C)CC1CCCC1.CC(C)CC1CCNCC1.CC(C)CCCn1ccnc1.CCCC(C)C.CCCCC(C)C.CCCCC(C)C.CCCCN1CCN(CCCC(C)C)CC1.CCCCNCCCCC(C)C.CNCCC(C)C.CNCCN(CCNC)CCC(C)C. The molecule has 0 amide bonds. The highest BCUT2D eigenvalue weighted by Crippen LogP contribution is 2.30. The molecule has 2 saturated heterocycles. The number of aryl methyl sites for hydroxylation is 1. The molecule has 2 aliphatic heterocycles. The van der Waals surface area contributed by atoms with Crippen LogP contribution < -0.4 is 26.6 Å². The van der Waals surface area contributed by atoms with Crippen molar-refractivity contribution in [2.75, 3.05) is 126 Å². The maximum Gasteiger partial charge on any atom is 0.0945 e. The van der Waals surface area contributed by atoms with E-state index < -0.39 is 0 Å². The van der Waals surface area contributed by atoms with Gasteiger partial charge in [-0.15, -0.1) is 0 Å². The lowest BCUT2D eigenvalue weighted by molar-refractivity contribution is 0.129. The van der Waals surface area contributed by atoms with Crippen molar-refractivity contribution in [1.29, 1.82) is 0 Å². The summed E-state index contributed by atoms with van der Waals surface area (Å²) < 4.78 is 2.13. The van der Waals surface area contributed by atoms with Crippen LogP contribution in [0.1, 0.15) is 359 Å².